The number of unbranched alkanes of at least 4 members (excludes halogenated alkanes) is 1. The highest BCUT2D eigenvalue weighted by Gasteiger charge is 2.14. The molecule has 0 aliphatic heterocycles. The molecule has 0 atom stereocenters. The number of benzene rings is 1. The van der Waals surface area contributed by atoms with Crippen LogP contribution >= 0.6 is 22.9 Å². The lowest BCUT2D eigenvalue weighted by molar-refractivity contribution is -0.121. The second-order valence-corrected chi connectivity index (χ2v) is 6.67. The van der Waals surface area contributed by atoms with Crippen LogP contribution < -0.4 is 10.6 Å². The van der Waals surface area contributed by atoms with Gasteiger partial charge in [0.25, 0.3) is 5.91 Å². The molecule has 6 nitrogen and oxygen atoms in total. The zero-order chi connectivity index (χ0) is 17.4. The molecule has 2 amide bonds. The van der Waals surface area contributed by atoms with Crippen LogP contribution in [0.4, 0.5) is 5.69 Å². The monoisotopic (exact) mass is 366 g/mol. The van der Waals surface area contributed by atoms with E-state index in [1.54, 1.807) is 24.3 Å². The third-order valence-corrected chi connectivity index (χ3v) is 4.38. The highest BCUT2D eigenvalue weighted by atomic mass is 35.5. The third-order valence-electron chi connectivity index (χ3n) is 3.16. The summed E-state index contributed by atoms with van der Waals surface area (Å²) in [7, 11) is 0. The van der Waals surface area contributed by atoms with E-state index in [9.17, 15) is 9.59 Å². The number of anilines is 1. The smallest absolute Gasteiger partial charge is 0.286 e. The van der Waals surface area contributed by atoms with Gasteiger partial charge in [-0.1, -0.05) is 42.3 Å². The highest BCUT2D eigenvalue weighted by molar-refractivity contribution is 7.13. The van der Waals surface area contributed by atoms with Crippen molar-refractivity contribution in [2.75, 3.05) is 11.9 Å². The number of nitrogens with zero attached hydrogens (tertiary/aromatic N) is 2. The Balaban J connectivity index is 1.83. The Morgan fingerprint density at radius 3 is 2.88 bits per heavy atom. The van der Waals surface area contributed by atoms with Crippen LogP contribution in [0.15, 0.2) is 24.3 Å². The van der Waals surface area contributed by atoms with Gasteiger partial charge < -0.3 is 10.6 Å². The molecule has 0 aliphatic rings. The number of carbonyl (C=O) groups excluding carboxylic acids is 2. The SMILES string of the molecule is CCCCNC(=O)CCc1nnc(C(=O)Nc2cccc(Cl)c2)s1. The maximum absolute atomic E-state index is 12.1. The number of rotatable bonds is 8. The Bertz CT molecular complexity index is 705. The summed E-state index contributed by atoms with van der Waals surface area (Å²) in [5, 5.41) is 14.9. The average molecular weight is 367 g/mol. The second-order valence-electron chi connectivity index (χ2n) is 5.17. The summed E-state index contributed by atoms with van der Waals surface area (Å²) in [5.74, 6) is -0.350. The van der Waals surface area contributed by atoms with Crippen LogP contribution in [0.2, 0.25) is 5.02 Å². The van der Waals surface area contributed by atoms with Gasteiger partial charge in [-0.2, -0.15) is 0 Å². The van der Waals surface area contributed by atoms with Gasteiger partial charge in [0.15, 0.2) is 0 Å². The highest BCUT2D eigenvalue weighted by Crippen LogP contribution is 2.17. The fourth-order valence-electron chi connectivity index (χ4n) is 1.91. The third kappa shape index (κ3) is 5.90. The molecule has 0 radical (unpaired) electrons. The predicted molar refractivity (Wildman–Crippen MR) is 95.6 cm³/mol. The molecule has 0 unspecified atom stereocenters. The fourth-order valence-corrected chi connectivity index (χ4v) is 2.84. The summed E-state index contributed by atoms with van der Waals surface area (Å²) in [6.07, 6.45) is 2.83. The first-order valence-corrected chi connectivity index (χ1v) is 8.94. The topological polar surface area (TPSA) is 84.0 Å². The van der Waals surface area contributed by atoms with Crippen molar-refractivity contribution in [1.29, 1.82) is 0 Å². The molecule has 1 heterocycles. The van der Waals surface area contributed by atoms with Crippen LogP contribution in [0.25, 0.3) is 0 Å². The number of carbonyl (C=O) groups is 2. The molecular weight excluding hydrogens is 348 g/mol. The molecule has 0 bridgehead atoms. The Kier molecular flexibility index (Phi) is 7.14. The van der Waals surface area contributed by atoms with E-state index in [0.29, 0.717) is 35.1 Å². The standard InChI is InChI=1S/C16H19ClN4O2S/c1-2-3-9-18-13(22)7-8-14-20-21-16(24-14)15(23)19-12-6-4-5-11(17)10-12/h4-6,10H,2-3,7-9H2,1H3,(H,18,22)(H,19,23). The zero-order valence-electron chi connectivity index (χ0n) is 13.3. The molecule has 0 fully saturated rings. The number of hydrogen-bond acceptors (Lipinski definition) is 5. The molecule has 0 aliphatic carbocycles. The zero-order valence-corrected chi connectivity index (χ0v) is 14.9. The molecule has 8 heteroatoms. The summed E-state index contributed by atoms with van der Waals surface area (Å²) in [5.41, 5.74) is 0.597. The Labute approximate surface area is 149 Å². The number of aromatic nitrogens is 2. The van der Waals surface area contributed by atoms with Crippen molar-refractivity contribution in [2.24, 2.45) is 0 Å². The second kappa shape index (κ2) is 9.34. The van der Waals surface area contributed by atoms with E-state index in [4.69, 9.17) is 11.6 Å². The lowest BCUT2D eigenvalue weighted by Gasteiger charge is -2.02. The van der Waals surface area contributed by atoms with E-state index >= 15 is 0 Å². The van der Waals surface area contributed by atoms with Crippen molar-refractivity contribution < 1.29 is 9.59 Å². The molecule has 24 heavy (non-hydrogen) atoms. The summed E-state index contributed by atoms with van der Waals surface area (Å²) in [4.78, 5) is 23.8. The number of amides is 2. The maximum atomic E-state index is 12.1. The fraction of sp³-hybridized carbons (Fsp3) is 0.375. The van der Waals surface area contributed by atoms with Crippen LogP contribution in [-0.4, -0.2) is 28.6 Å². The lowest BCUT2D eigenvalue weighted by Crippen LogP contribution is -2.24. The Morgan fingerprint density at radius 1 is 1.29 bits per heavy atom. The van der Waals surface area contributed by atoms with Crippen LogP contribution in [0.3, 0.4) is 0 Å². The van der Waals surface area contributed by atoms with E-state index in [-0.39, 0.29) is 16.8 Å². The van der Waals surface area contributed by atoms with Crippen molar-refractivity contribution in [3.05, 3.63) is 39.3 Å². The van der Waals surface area contributed by atoms with Crippen LogP contribution in [0.5, 0.6) is 0 Å². The van der Waals surface area contributed by atoms with Crippen LogP contribution in [-0.2, 0) is 11.2 Å². The average Bonchev–Trinajstić information content (AvgIpc) is 3.02. The van der Waals surface area contributed by atoms with Gasteiger partial charge in [0.05, 0.1) is 0 Å². The van der Waals surface area contributed by atoms with E-state index in [1.165, 1.54) is 11.3 Å². The molecule has 1 aromatic heterocycles. The molecule has 0 saturated carbocycles. The molecule has 128 valence electrons. The van der Waals surface area contributed by atoms with E-state index < -0.39 is 0 Å². The van der Waals surface area contributed by atoms with Crippen molar-refractivity contribution in [2.45, 2.75) is 32.6 Å². The minimum absolute atomic E-state index is 0.0106. The molecule has 2 rings (SSSR count). The maximum Gasteiger partial charge on any atom is 0.286 e. The normalized spacial score (nSPS) is 10.4. The molecular formula is C16H19ClN4O2S. The van der Waals surface area contributed by atoms with Crippen LogP contribution in [0.1, 0.15) is 41.0 Å². The van der Waals surface area contributed by atoms with E-state index in [0.717, 1.165) is 12.8 Å². The number of halogens is 1. The van der Waals surface area contributed by atoms with Crippen molar-refractivity contribution in [1.82, 2.24) is 15.5 Å². The van der Waals surface area contributed by atoms with E-state index in [2.05, 4.69) is 27.8 Å². The van der Waals surface area contributed by atoms with Gasteiger partial charge in [0.2, 0.25) is 10.9 Å². The largest absolute Gasteiger partial charge is 0.356 e. The minimum Gasteiger partial charge on any atom is -0.356 e. The Morgan fingerprint density at radius 2 is 2.12 bits per heavy atom. The van der Waals surface area contributed by atoms with Crippen molar-refractivity contribution in [3.8, 4) is 0 Å². The van der Waals surface area contributed by atoms with Gasteiger partial charge in [-0.15, -0.1) is 10.2 Å². The van der Waals surface area contributed by atoms with Crippen LogP contribution in [0, 0.1) is 0 Å². The number of aryl methyl sites for hydroxylation is 1. The van der Waals surface area contributed by atoms with Gasteiger partial charge in [0.1, 0.15) is 5.01 Å². The minimum atomic E-state index is -0.339. The Hall–Kier alpha value is -1.99. The summed E-state index contributed by atoms with van der Waals surface area (Å²) in [6.45, 7) is 2.77. The number of nitrogens with one attached hydrogen (secondary N) is 2. The van der Waals surface area contributed by atoms with Gasteiger partial charge in [0, 0.05) is 30.1 Å². The lowest BCUT2D eigenvalue weighted by atomic mass is 10.3. The molecule has 2 aromatic rings. The number of hydrogen-bond donors (Lipinski definition) is 2. The first-order chi connectivity index (χ1) is 11.6. The quantitative estimate of drug-likeness (QED) is 0.702. The van der Waals surface area contributed by atoms with Gasteiger partial charge >= 0.3 is 0 Å². The summed E-state index contributed by atoms with van der Waals surface area (Å²) >= 11 is 7.07. The van der Waals surface area contributed by atoms with E-state index in [1.807, 2.05) is 0 Å². The first-order valence-electron chi connectivity index (χ1n) is 7.74. The van der Waals surface area contributed by atoms with Gasteiger partial charge in [-0.25, -0.2) is 0 Å². The first kappa shape index (κ1) is 18.4. The van der Waals surface area contributed by atoms with Gasteiger partial charge in [-0.3, -0.25) is 9.59 Å². The molecule has 1 aromatic carbocycles. The molecule has 0 spiro atoms. The summed E-state index contributed by atoms with van der Waals surface area (Å²) in [6, 6.07) is 6.88. The van der Waals surface area contributed by atoms with Crippen molar-refractivity contribution >= 4 is 40.4 Å². The van der Waals surface area contributed by atoms with Gasteiger partial charge in [-0.05, 0) is 24.6 Å². The predicted octanol–water partition coefficient (Wildman–Crippen LogP) is 3.29. The molecule has 2 N–H and O–H groups in total. The molecule has 0 saturated heterocycles. The summed E-state index contributed by atoms with van der Waals surface area (Å²) < 4.78 is 0. The van der Waals surface area contributed by atoms with Crippen molar-refractivity contribution in [3.63, 3.8) is 0 Å².